The van der Waals surface area contributed by atoms with E-state index in [9.17, 15) is 5.11 Å². The van der Waals surface area contributed by atoms with Gasteiger partial charge in [-0.1, -0.05) is 84.2 Å². The third kappa shape index (κ3) is 16.4. The smallest absolute Gasteiger partial charge is 0.0733 e. The van der Waals surface area contributed by atoms with Crippen LogP contribution in [0, 0.1) is 0 Å². The lowest BCUT2D eigenvalue weighted by Gasteiger charge is -2.05. The van der Waals surface area contributed by atoms with E-state index in [-0.39, 0.29) is 12.2 Å². The van der Waals surface area contributed by atoms with E-state index in [1.807, 2.05) is 60.7 Å². The lowest BCUT2D eigenvalue weighted by atomic mass is 10.4. The van der Waals surface area contributed by atoms with Crippen molar-refractivity contribution in [2.45, 2.75) is 22.0 Å². The number of rotatable bonds is 6. The van der Waals surface area contributed by atoms with Crippen molar-refractivity contribution in [1.29, 1.82) is 0 Å². The second-order valence-electron chi connectivity index (χ2n) is 4.73. The molecule has 0 aliphatic heterocycles. The van der Waals surface area contributed by atoms with E-state index >= 15 is 0 Å². The Morgan fingerprint density at radius 3 is 1.52 bits per heavy atom. The Morgan fingerprint density at radius 2 is 1.20 bits per heavy atom. The van der Waals surface area contributed by atoms with Crippen LogP contribution in [0.2, 0.25) is 0 Å². The van der Waals surface area contributed by atoms with Crippen LogP contribution < -0.4 is 0 Å². The Bertz CT molecular complexity index is 514. The standard InChI is InChI=1S/C9H11BrOS.C6H6S.C3H6Br2O/c10-6-8(11)7-12-9-4-2-1-3-5-9;7-6-4-2-1-3-5-6;4-1-3(6)2-5/h1-5,8,11H,6-7H2;1-5,7H;3,6H,1-2H2. The number of hydrogen-bond donors (Lipinski definition) is 3. The fourth-order valence-electron chi connectivity index (χ4n) is 1.22. The van der Waals surface area contributed by atoms with E-state index in [0.29, 0.717) is 16.0 Å². The monoisotopic (exact) mass is 572 g/mol. The van der Waals surface area contributed by atoms with Crippen molar-refractivity contribution in [2.24, 2.45) is 0 Å². The van der Waals surface area contributed by atoms with Gasteiger partial charge in [0.15, 0.2) is 0 Å². The third-order valence-electron chi connectivity index (χ3n) is 2.48. The summed E-state index contributed by atoms with van der Waals surface area (Å²) in [5, 5.41) is 19.8. The fourth-order valence-corrected chi connectivity index (χ4v) is 3.85. The normalized spacial score (nSPS) is 11.0. The van der Waals surface area contributed by atoms with Gasteiger partial charge in [-0.25, -0.2) is 0 Å². The first-order valence-corrected chi connectivity index (χ1v) is 12.3. The first-order chi connectivity index (χ1) is 12.0. The Balaban J connectivity index is 0.000000378. The maximum Gasteiger partial charge on any atom is 0.0733 e. The Kier molecular flexibility index (Phi) is 18.2. The molecule has 0 saturated carbocycles. The molecular formula is C18H23Br3O2S2. The number of hydrogen-bond acceptors (Lipinski definition) is 4. The van der Waals surface area contributed by atoms with Crippen molar-refractivity contribution in [3.05, 3.63) is 60.7 Å². The van der Waals surface area contributed by atoms with Crippen molar-refractivity contribution in [3.8, 4) is 0 Å². The van der Waals surface area contributed by atoms with Gasteiger partial charge in [-0.15, -0.1) is 24.4 Å². The van der Waals surface area contributed by atoms with Gasteiger partial charge < -0.3 is 10.2 Å². The highest BCUT2D eigenvalue weighted by Crippen LogP contribution is 2.18. The summed E-state index contributed by atoms with van der Waals surface area (Å²) in [6.07, 6.45) is -0.486. The maximum absolute atomic E-state index is 9.25. The second kappa shape index (κ2) is 17.9. The summed E-state index contributed by atoms with van der Waals surface area (Å²) in [5.74, 6) is 0.745. The molecule has 0 aromatic heterocycles. The minimum Gasteiger partial charge on any atom is -0.391 e. The fraction of sp³-hybridized carbons (Fsp3) is 0.333. The molecule has 140 valence electrons. The molecule has 2 aromatic carbocycles. The number of aliphatic hydroxyl groups excluding tert-OH is 2. The molecule has 1 unspecified atom stereocenters. The number of benzene rings is 2. The molecule has 7 heteroatoms. The minimum absolute atomic E-state index is 0.231. The summed E-state index contributed by atoms with van der Waals surface area (Å²) in [4.78, 5) is 2.22. The van der Waals surface area contributed by atoms with Gasteiger partial charge >= 0.3 is 0 Å². The van der Waals surface area contributed by atoms with Crippen LogP contribution in [0.15, 0.2) is 70.5 Å². The SMILES string of the molecule is OC(CBr)CBr.OC(CBr)CSc1ccccc1.Sc1ccccc1. The minimum atomic E-state index is -0.254. The third-order valence-corrected chi connectivity index (χ3v) is 6.17. The van der Waals surface area contributed by atoms with Crippen LogP contribution in [0.3, 0.4) is 0 Å². The Morgan fingerprint density at radius 1 is 0.760 bits per heavy atom. The molecule has 0 saturated heterocycles. The van der Waals surface area contributed by atoms with Crippen LogP contribution >= 0.6 is 72.2 Å². The van der Waals surface area contributed by atoms with Gasteiger partial charge in [-0.2, -0.15) is 0 Å². The molecule has 2 nitrogen and oxygen atoms in total. The van der Waals surface area contributed by atoms with Crippen LogP contribution in [0.25, 0.3) is 0 Å². The van der Waals surface area contributed by atoms with Gasteiger partial charge in [0.05, 0.1) is 12.2 Å². The zero-order valence-corrected chi connectivity index (χ0v) is 20.1. The topological polar surface area (TPSA) is 40.5 Å². The maximum atomic E-state index is 9.25. The van der Waals surface area contributed by atoms with Gasteiger partial charge in [0.25, 0.3) is 0 Å². The van der Waals surface area contributed by atoms with Gasteiger partial charge in [0, 0.05) is 31.5 Å². The summed E-state index contributed by atoms with van der Waals surface area (Å²) < 4.78 is 0. The molecule has 2 aromatic rings. The van der Waals surface area contributed by atoms with Crippen LogP contribution in [0.1, 0.15) is 0 Å². The summed E-state index contributed by atoms with van der Waals surface area (Å²) in [6.45, 7) is 0. The van der Waals surface area contributed by atoms with Crippen LogP contribution in [0.4, 0.5) is 0 Å². The molecule has 1 atom stereocenters. The van der Waals surface area contributed by atoms with Crippen LogP contribution in [-0.4, -0.2) is 44.2 Å². The predicted octanol–water partition coefficient (Wildman–Crippen LogP) is 5.65. The van der Waals surface area contributed by atoms with Crippen molar-refractivity contribution in [1.82, 2.24) is 0 Å². The number of halogens is 3. The molecule has 0 radical (unpaired) electrons. The van der Waals surface area contributed by atoms with Crippen molar-refractivity contribution in [2.75, 3.05) is 21.7 Å². The van der Waals surface area contributed by atoms with Gasteiger partial charge in [0.1, 0.15) is 0 Å². The van der Waals surface area contributed by atoms with E-state index in [4.69, 9.17) is 5.11 Å². The van der Waals surface area contributed by atoms with Crippen molar-refractivity contribution < 1.29 is 10.2 Å². The molecule has 0 bridgehead atoms. The van der Waals surface area contributed by atoms with Gasteiger partial charge in [-0.05, 0) is 24.3 Å². The quantitative estimate of drug-likeness (QED) is 0.237. The lowest BCUT2D eigenvalue weighted by Crippen LogP contribution is -2.10. The zero-order valence-electron chi connectivity index (χ0n) is 13.6. The molecule has 0 aliphatic carbocycles. The summed E-state index contributed by atoms with van der Waals surface area (Å²) >= 11 is 15.2. The lowest BCUT2D eigenvalue weighted by molar-refractivity contribution is 0.226. The van der Waals surface area contributed by atoms with Crippen LogP contribution in [-0.2, 0) is 0 Å². The van der Waals surface area contributed by atoms with E-state index in [1.54, 1.807) is 11.8 Å². The summed E-state index contributed by atoms with van der Waals surface area (Å²) in [5.41, 5.74) is 0. The number of thioether (sulfide) groups is 1. The van der Waals surface area contributed by atoms with Gasteiger partial charge in [0.2, 0.25) is 0 Å². The summed E-state index contributed by atoms with van der Waals surface area (Å²) in [6, 6.07) is 19.9. The Hall–Kier alpha value is 0.500. The van der Waals surface area contributed by atoms with Crippen molar-refractivity contribution in [3.63, 3.8) is 0 Å². The molecule has 0 fully saturated rings. The van der Waals surface area contributed by atoms with Crippen LogP contribution in [0.5, 0.6) is 0 Å². The Labute approximate surface area is 185 Å². The molecule has 2 N–H and O–H groups in total. The summed E-state index contributed by atoms with van der Waals surface area (Å²) in [7, 11) is 0. The highest BCUT2D eigenvalue weighted by molar-refractivity contribution is 9.10. The largest absolute Gasteiger partial charge is 0.391 e. The predicted molar refractivity (Wildman–Crippen MR) is 124 cm³/mol. The highest BCUT2D eigenvalue weighted by atomic mass is 79.9. The van der Waals surface area contributed by atoms with E-state index in [1.165, 1.54) is 4.90 Å². The van der Waals surface area contributed by atoms with Gasteiger partial charge in [-0.3, -0.25) is 0 Å². The average Bonchev–Trinajstić information content (AvgIpc) is 2.67. The number of aliphatic hydroxyl groups is 2. The molecule has 0 aliphatic rings. The first-order valence-electron chi connectivity index (χ1n) is 7.49. The zero-order chi connectivity index (χ0) is 18.9. The van der Waals surface area contributed by atoms with E-state index < -0.39 is 0 Å². The molecule has 2 rings (SSSR count). The molecule has 0 spiro atoms. The highest BCUT2D eigenvalue weighted by Gasteiger charge is 2.01. The molecule has 0 amide bonds. The number of thiol groups is 1. The first kappa shape index (κ1) is 25.5. The molecule has 25 heavy (non-hydrogen) atoms. The number of alkyl halides is 3. The van der Waals surface area contributed by atoms with Crippen molar-refractivity contribution >= 4 is 72.2 Å². The average molecular weight is 575 g/mol. The molecular weight excluding hydrogens is 552 g/mol. The second-order valence-corrected chi connectivity index (χ2v) is 8.28. The molecule has 0 heterocycles. The van der Waals surface area contributed by atoms with E-state index in [0.717, 1.165) is 10.6 Å². The van der Waals surface area contributed by atoms with E-state index in [2.05, 4.69) is 60.4 Å².